The molecule has 2 aromatic rings. The van der Waals surface area contributed by atoms with E-state index in [0.29, 0.717) is 10.0 Å². The number of hydrogen-bond acceptors (Lipinski definition) is 1. The minimum atomic E-state index is 0.162. The van der Waals surface area contributed by atoms with Gasteiger partial charge in [-0.1, -0.05) is 66.3 Å². The van der Waals surface area contributed by atoms with E-state index in [-0.39, 0.29) is 6.04 Å². The molecule has 0 spiro atoms. The van der Waals surface area contributed by atoms with Crippen molar-refractivity contribution in [2.75, 3.05) is 5.32 Å². The monoisotopic (exact) mass is 327 g/mol. The Morgan fingerprint density at radius 1 is 0.950 bits per heavy atom. The van der Waals surface area contributed by atoms with E-state index < -0.39 is 0 Å². The fraction of sp³-hybridized carbons (Fsp3) is 0.250. The van der Waals surface area contributed by atoms with Crippen LogP contribution in [0.25, 0.3) is 0 Å². The minimum Gasteiger partial charge on any atom is -0.376 e. The molecule has 0 aliphatic rings. The van der Waals surface area contributed by atoms with Crippen LogP contribution in [0.3, 0.4) is 0 Å². The highest BCUT2D eigenvalue weighted by atomic mass is 35.5. The van der Waals surface area contributed by atoms with Gasteiger partial charge in [0.25, 0.3) is 0 Å². The van der Waals surface area contributed by atoms with Crippen molar-refractivity contribution >= 4 is 40.5 Å². The molecule has 1 N–H and O–H groups in total. The van der Waals surface area contributed by atoms with Gasteiger partial charge >= 0.3 is 0 Å². The third-order valence-corrected chi connectivity index (χ3v) is 4.01. The van der Waals surface area contributed by atoms with Gasteiger partial charge in [0.15, 0.2) is 0 Å². The SMILES string of the molecule is CCCC(Nc1c(Cl)cccc1Cl)c1ccc(Cl)cc1. The summed E-state index contributed by atoms with van der Waals surface area (Å²) in [6.07, 6.45) is 2.05. The van der Waals surface area contributed by atoms with E-state index >= 15 is 0 Å². The van der Waals surface area contributed by atoms with Crippen molar-refractivity contribution in [2.24, 2.45) is 0 Å². The predicted molar refractivity (Wildman–Crippen MR) is 89.2 cm³/mol. The quantitative estimate of drug-likeness (QED) is 0.652. The molecule has 1 nitrogen and oxygen atoms in total. The maximum absolute atomic E-state index is 6.22. The van der Waals surface area contributed by atoms with Gasteiger partial charge in [-0.15, -0.1) is 0 Å². The summed E-state index contributed by atoms with van der Waals surface area (Å²) in [5.41, 5.74) is 1.96. The molecule has 2 rings (SSSR count). The van der Waals surface area contributed by atoms with Crippen molar-refractivity contribution < 1.29 is 0 Å². The van der Waals surface area contributed by atoms with Crippen LogP contribution in [-0.2, 0) is 0 Å². The van der Waals surface area contributed by atoms with Crippen molar-refractivity contribution in [2.45, 2.75) is 25.8 Å². The largest absolute Gasteiger partial charge is 0.376 e. The highest BCUT2D eigenvalue weighted by Crippen LogP contribution is 2.34. The topological polar surface area (TPSA) is 12.0 Å². The van der Waals surface area contributed by atoms with E-state index in [1.807, 2.05) is 42.5 Å². The molecule has 0 saturated carbocycles. The molecule has 0 radical (unpaired) electrons. The van der Waals surface area contributed by atoms with Crippen LogP contribution in [0.15, 0.2) is 42.5 Å². The highest BCUT2D eigenvalue weighted by Gasteiger charge is 2.14. The van der Waals surface area contributed by atoms with E-state index in [1.54, 1.807) is 0 Å². The Balaban J connectivity index is 2.28. The molecule has 0 heterocycles. The minimum absolute atomic E-state index is 0.162. The number of halogens is 3. The average Bonchev–Trinajstić information content (AvgIpc) is 2.43. The fourth-order valence-electron chi connectivity index (χ4n) is 2.12. The molecule has 4 heteroatoms. The second-order valence-electron chi connectivity index (χ2n) is 4.63. The first-order valence-electron chi connectivity index (χ1n) is 6.58. The van der Waals surface area contributed by atoms with Crippen molar-refractivity contribution in [1.29, 1.82) is 0 Å². The molecule has 0 amide bonds. The van der Waals surface area contributed by atoms with E-state index in [4.69, 9.17) is 34.8 Å². The molecule has 1 atom stereocenters. The van der Waals surface area contributed by atoms with Gasteiger partial charge < -0.3 is 5.32 Å². The van der Waals surface area contributed by atoms with Crippen LogP contribution >= 0.6 is 34.8 Å². The smallest absolute Gasteiger partial charge is 0.0723 e. The van der Waals surface area contributed by atoms with E-state index in [2.05, 4.69) is 12.2 Å². The van der Waals surface area contributed by atoms with Gasteiger partial charge in [-0.05, 0) is 36.2 Å². The van der Waals surface area contributed by atoms with Gasteiger partial charge in [0.1, 0.15) is 0 Å². The third kappa shape index (κ3) is 3.82. The normalized spacial score (nSPS) is 12.2. The summed E-state index contributed by atoms with van der Waals surface area (Å²) in [4.78, 5) is 0. The molecule has 0 bridgehead atoms. The first-order chi connectivity index (χ1) is 9.61. The Bertz CT molecular complexity index is 546. The molecule has 2 aromatic carbocycles. The van der Waals surface area contributed by atoms with Crippen molar-refractivity contribution in [3.8, 4) is 0 Å². The van der Waals surface area contributed by atoms with Crippen LogP contribution < -0.4 is 5.32 Å². The number of para-hydroxylation sites is 1. The molecular formula is C16H16Cl3N. The van der Waals surface area contributed by atoms with Gasteiger partial charge in [0.2, 0.25) is 0 Å². The summed E-state index contributed by atoms with van der Waals surface area (Å²) < 4.78 is 0. The third-order valence-electron chi connectivity index (χ3n) is 3.13. The lowest BCUT2D eigenvalue weighted by molar-refractivity contribution is 0.678. The summed E-state index contributed by atoms with van der Waals surface area (Å²) in [6.45, 7) is 2.15. The summed E-state index contributed by atoms with van der Waals surface area (Å²) in [5, 5.41) is 5.45. The Kier molecular flexibility index (Phi) is 5.59. The number of anilines is 1. The first-order valence-corrected chi connectivity index (χ1v) is 7.71. The lowest BCUT2D eigenvalue weighted by atomic mass is 10.0. The molecule has 0 aromatic heterocycles. The molecule has 1 unspecified atom stereocenters. The zero-order valence-corrected chi connectivity index (χ0v) is 13.4. The number of benzene rings is 2. The Morgan fingerprint density at radius 3 is 2.10 bits per heavy atom. The summed E-state index contributed by atoms with van der Waals surface area (Å²) in [6, 6.07) is 13.5. The second-order valence-corrected chi connectivity index (χ2v) is 5.88. The van der Waals surface area contributed by atoms with Crippen molar-refractivity contribution in [1.82, 2.24) is 0 Å². The lowest BCUT2D eigenvalue weighted by Gasteiger charge is -2.21. The maximum atomic E-state index is 6.22. The summed E-state index contributed by atoms with van der Waals surface area (Å²) in [7, 11) is 0. The Hall–Kier alpha value is -0.890. The van der Waals surface area contributed by atoms with Crippen molar-refractivity contribution in [3.05, 3.63) is 63.1 Å². The average molecular weight is 329 g/mol. The van der Waals surface area contributed by atoms with E-state index in [1.165, 1.54) is 5.56 Å². The molecule has 0 aliphatic carbocycles. The standard InChI is InChI=1S/C16H16Cl3N/c1-2-4-15(11-7-9-12(17)10-8-11)20-16-13(18)5-3-6-14(16)19/h3,5-10,15,20H,2,4H2,1H3. The zero-order chi connectivity index (χ0) is 14.5. The molecular weight excluding hydrogens is 313 g/mol. The molecule has 0 saturated heterocycles. The van der Waals surface area contributed by atoms with Crippen LogP contribution in [0, 0.1) is 0 Å². The summed E-state index contributed by atoms with van der Waals surface area (Å²) >= 11 is 18.4. The Labute approximate surface area is 134 Å². The number of hydrogen-bond donors (Lipinski definition) is 1. The number of nitrogens with one attached hydrogen (secondary N) is 1. The van der Waals surface area contributed by atoms with E-state index in [9.17, 15) is 0 Å². The van der Waals surface area contributed by atoms with Gasteiger partial charge in [-0.2, -0.15) is 0 Å². The second kappa shape index (κ2) is 7.21. The fourth-order valence-corrected chi connectivity index (χ4v) is 2.75. The van der Waals surface area contributed by atoms with Crippen LogP contribution in [0.1, 0.15) is 31.4 Å². The maximum Gasteiger partial charge on any atom is 0.0723 e. The van der Waals surface area contributed by atoms with Gasteiger partial charge in [-0.25, -0.2) is 0 Å². The van der Waals surface area contributed by atoms with Crippen LogP contribution in [-0.4, -0.2) is 0 Å². The molecule has 0 aliphatic heterocycles. The lowest BCUT2D eigenvalue weighted by Crippen LogP contribution is -2.11. The van der Waals surface area contributed by atoms with E-state index in [0.717, 1.165) is 23.6 Å². The van der Waals surface area contributed by atoms with Gasteiger partial charge in [0.05, 0.1) is 21.8 Å². The molecule has 20 heavy (non-hydrogen) atoms. The molecule has 106 valence electrons. The highest BCUT2D eigenvalue weighted by molar-refractivity contribution is 6.39. The van der Waals surface area contributed by atoms with Gasteiger partial charge in [0, 0.05) is 5.02 Å². The van der Waals surface area contributed by atoms with Crippen LogP contribution in [0.5, 0.6) is 0 Å². The number of rotatable bonds is 5. The van der Waals surface area contributed by atoms with Crippen molar-refractivity contribution in [3.63, 3.8) is 0 Å². The predicted octanol–water partition coefficient (Wildman–Crippen LogP) is 6.60. The summed E-state index contributed by atoms with van der Waals surface area (Å²) in [5.74, 6) is 0. The first kappa shape index (κ1) is 15.5. The van der Waals surface area contributed by atoms with Gasteiger partial charge in [-0.3, -0.25) is 0 Å². The molecule has 0 fully saturated rings. The van der Waals surface area contributed by atoms with Crippen LogP contribution in [0.4, 0.5) is 5.69 Å². The van der Waals surface area contributed by atoms with Crippen LogP contribution in [0.2, 0.25) is 15.1 Å². The Morgan fingerprint density at radius 2 is 1.55 bits per heavy atom. The zero-order valence-electron chi connectivity index (χ0n) is 11.2.